The standard InChI is InChI=1S/C14H10BrF2N3/c15-9-5-12-13(6-11(9)17)20(14(18)19-12)7-8-3-1-2-4-10(8)16/h1-6H,7H2,(H2,18,19). The van der Waals surface area contributed by atoms with Gasteiger partial charge in [0.05, 0.1) is 22.1 Å². The molecule has 102 valence electrons. The molecule has 3 aromatic rings. The van der Waals surface area contributed by atoms with Crippen LogP contribution in [0.15, 0.2) is 40.9 Å². The van der Waals surface area contributed by atoms with E-state index in [9.17, 15) is 8.78 Å². The van der Waals surface area contributed by atoms with Crippen LogP contribution < -0.4 is 5.73 Å². The highest BCUT2D eigenvalue weighted by Crippen LogP contribution is 2.26. The highest BCUT2D eigenvalue weighted by Gasteiger charge is 2.13. The van der Waals surface area contributed by atoms with Gasteiger partial charge in [-0.25, -0.2) is 13.8 Å². The zero-order valence-corrected chi connectivity index (χ0v) is 11.9. The second-order valence-corrected chi connectivity index (χ2v) is 5.26. The first-order chi connectivity index (χ1) is 9.56. The summed E-state index contributed by atoms with van der Waals surface area (Å²) in [6.45, 7) is 0.204. The number of aromatic nitrogens is 2. The molecule has 1 aromatic heterocycles. The van der Waals surface area contributed by atoms with Gasteiger partial charge in [0.15, 0.2) is 0 Å². The summed E-state index contributed by atoms with van der Waals surface area (Å²) in [5.41, 5.74) is 7.41. The first-order valence-electron chi connectivity index (χ1n) is 5.90. The molecule has 0 aliphatic rings. The molecular weight excluding hydrogens is 328 g/mol. The Hall–Kier alpha value is -1.95. The Morgan fingerprint density at radius 2 is 1.90 bits per heavy atom. The average molecular weight is 338 g/mol. The number of benzene rings is 2. The Bertz CT molecular complexity index is 798. The van der Waals surface area contributed by atoms with E-state index >= 15 is 0 Å². The van der Waals surface area contributed by atoms with Gasteiger partial charge in [-0.05, 0) is 28.1 Å². The summed E-state index contributed by atoms with van der Waals surface area (Å²) < 4.78 is 29.3. The first kappa shape index (κ1) is 13.1. The molecule has 0 unspecified atom stereocenters. The molecule has 0 aliphatic heterocycles. The van der Waals surface area contributed by atoms with E-state index < -0.39 is 5.82 Å². The van der Waals surface area contributed by atoms with E-state index in [0.29, 0.717) is 21.1 Å². The minimum atomic E-state index is -0.410. The van der Waals surface area contributed by atoms with Gasteiger partial charge in [0.25, 0.3) is 0 Å². The van der Waals surface area contributed by atoms with Crippen molar-refractivity contribution in [3.63, 3.8) is 0 Å². The van der Waals surface area contributed by atoms with Gasteiger partial charge in [-0.15, -0.1) is 0 Å². The summed E-state index contributed by atoms with van der Waals surface area (Å²) in [6.07, 6.45) is 0. The summed E-state index contributed by atoms with van der Waals surface area (Å²) in [5.74, 6) is -0.515. The smallest absolute Gasteiger partial charge is 0.201 e. The highest BCUT2D eigenvalue weighted by molar-refractivity contribution is 9.10. The lowest BCUT2D eigenvalue weighted by Gasteiger charge is -2.07. The summed E-state index contributed by atoms with van der Waals surface area (Å²) in [4.78, 5) is 4.16. The van der Waals surface area contributed by atoms with Gasteiger partial charge >= 0.3 is 0 Å². The molecule has 2 aromatic carbocycles. The number of anilines is 1. The SMILES string of the molecule is Nc1nc2cc(Br)c(F)cc2n1Cc1ccccc1F. The Morgan fingerprint density at radius 3 is 2.65 bits per heavy atom. The van der Waals surface area contributed by atoms with Crippen LogP contribution >= 0.6 is 15.9 Å². The third-order valence-corrected chi connectivity index (χ3v) is 3.71. The molecule has 1 heterocycles. The van der Waals surface area contributed by atoms with Crippen LogP contribution in [-0.4, -0.2) is 9.55 Å². The lowest BCUT2D eigenvalue weighted by molar-refractivity contribution is 0.602. The third-order valence-electron chi connectivity index (χ3n) is 3.11. The van der Waals surface area contributed by atoms with Crippen molar-refractivity contribution in [3.05, 3.63) is 58.1 Å². The van der Waals surface area contributed by atoms with E-state index in [4.69, 9.17) is 5.73 Å². The van der Waals surface area contributed by atoms with Gasteiger partial charge in [-0.2, -0.15) is 0 Å². The predicted molar refractivity (Wildman–Crippen MR) is 77.3 cm³/mol. The van der Waals surface area contributed by atoms with Crippen molar-refractivity contribution in [3.8, 4) is 0 Å². The van der Waals surface area contributed by atoms with E-state index in [0.717, 1.165) is 0 Å². The first-order valence-corrected chi connectivity index (χ1v) is 6.69. The maximum Gasteiger partial charge on any atom is 0.201 e. The second kappa shape index (κ2) is 4.86. The van der Waals surface area contributed by atoms with E-state index in [-0.39, 0.29) is 18.3 Å². The third kappa shape index (κ3) is 2.16. The van der Waals surface area contributed by atoms with Crippen LogP contribution in [0, 0.1) is 11.6 Å². The fraction of sp³-hybridized carbons (Fsp3) is 0.0714. The number of imidazole rings is 1. The number of hydrogen-bond donors (Lipinski definition) is 1. The summed E-state index contributed by atoms with van der Waals surface area (Å²) in [5, 5.41) is 0. The Labute approximate surface area is 122 Å². The van der Waals surface area contributed by atoms with Crippen LogP contribution in [0.3, 0.4) is 0 Å². The summed E-state index contributed by atoms with van der Waals surface area (Å²) >= 11 is 3.10. The number of nitrogens with zero attached hydrogens (tertiary/aromatic N) is 2. The predicted octanol–water partition coefficient (Wildman–Crippen LogP) is 3.71. The molecule has 0 fully saturated rings. The minimum Gasteiger partial charge on any atom is -0.369 e. The van der Waals surface area contributed by atoms with Crippen LogP contribution in [0.2, 0.25) is 0 Å². The van der Waals surface area contributed by atoms with E-state index in [1.807, 2.05) is 0 Å². The number of nitrogen functional groups attached to an aromatic ring is 1. The van der Waals surface area contributed by atoms with E-state index in [1.165, 1.54) is 12.1 Å². The van der Waals surface area contributed by atoms with Crippen LogP contribution in [-0.2, 0) is 6.54 Å². The van der Waals surface area contributed by atoms with Crippen molar-refractivity contribution in [2.75, 3.05) is 5.73 Å². The molecule has 20 heavy (non-hydrogen) atoms. The van der Waals surface area contributed by atoms with E-state index in [1.54, 1.807) is 28.8 Å². The molecule has 0 saturated carbocycles. The maximum atomic E-state index is 13.7. The average Bonchev–Trinajstić information content (AvgIpc) is 2.69. The van der Waals surface area contributed by atoms with Crippen molar-refractivity contribution in [1.29, 1.82) is 0 Å². The molecular formula is C14H10BrF2N3. The fourth-order valence-corrected chi connectivity index (χ4v) is 2.43. The topological polar surface area (TPSA) is 43.8 Å². The van der Waals surface area contributed by atoms with Crippen LogP contribution in [0.5, 0.6) is 0 Å². The number of hydrogen-bond acceptors (Lipinski definition) is 2. The Balaban J connectivity index is 2.14. The van der Waals surface area contributed by atoms with E-state index in [2.05, 4.69) is 20.9 Å². The molecule has 0 aliphatic carbocycles. The molecule has 0 amide bonds. The molecule has 0 atom stereocenters. The number of nitrogens with two attached hydrogens (primary N) is 1. The van der Waals surface area contributed by atoms with Crippen molar-refractivity contribution < 1.29 is 8.78 Å². The van der Waals surface area contributed by atoms with Crippen LogP contribution in [0.1, 0.15) is 5.56 Å². The zero-order chi connectivity index (χ0) is 14.3. The van der Waals surface area contributed by atoms with Gasteiger partial charge in [0.2, 0.25) is 5.95 Å². The lowest BCUT2D eigenvalue weighted by Crippen LogP contribution is -2.06. The molecule has 3 rings (SSSR count). The fourth-order valence-electron chi connectivity index (χ4n) is 2.10. The Kier molecular flexibility index (Phi) is 3.17. The van der Waals surface area contributed by atoms with Gasteiger partial charge in [0.1, 0.15) is 11.6 Å². The molecule has 6 heteroatoms. The summed E-state index contributed by atoms with van der Waals surface area (Å²) in [7, 11) is 0. The van der Waals surface area contributed by atoms with Gasteiger partial charge < -0.3 is 10.3 Å². The molecule has 0 bridgehead atoms. The van der Waals surface area contributed by atoms with Crippen LogP contribution in [0.25, 0.3) is 11.0 Å². The van der Waals surface area contributed by atoms with Crippen molar-refractivity contribution in [1.82, 2.24) is 9.55 Å². The molecule has 0 saturated heterocycles. The quantitative estimate of drug-likeness (QED) is 0.774. The molecule has 0 spiro atoms. The summed E-state index contributed by atoms with van der Waals surface area (Å²) in [6, 6.07) is 9.29. The van der Waals surface area contributed by atoms with Gasteiger partial charge in [-0.3, -0.25) is 0 Å². The minimum absolute atomic E-state index is 0.204. The molecule has 3 nitrogen and oxygen atoms in total. The van der Waals surface area contributed by atoms with Gasteiger partial charge in [0, 0.05) is 11.6 Å². The van der Waals surface area contributed by atoms with Crippen molar-refractivity contribution >= 4 is 32.9 Å². The van der Waals surface area contributed by atoms with Crippen molar-refractivity contribution in [2.45, 2.75) is 6.54 Å². The monoisotopic (exact) mass is 337 g/mol. The van der Waals surface area contributed by atoms with Crippen LogP contribution in [0.4, 0.5) is 14.7 Å². The number of fused-ring (bicyclic) bond motifs is 1. The number of halogens is 3. The molecule has 2 N–H and O–H groups in total. The highest BCUT2D eigenvalue weighted by atomic mass is 79.9. The number of rotatable bonds is 2. The molecule has 0 radical (unpaired) electrons. The van der Waals surface area contributed by atoms with Gasteiger partial charge in [-0.1, -0.05) is 18.2 Å². The largest absolute Gasteiger partial charge is 0.369 e. The normalized spacial score (nSPS) is 11.2. The lowest BCUT2D eigenvalue weighted by atomic mass is 10.2. The van der Waals surface area contributed by atoms with Crippen molar-refractivity contribution in [2.24, 2.45) is 0 Å². The zero-order valence-electron chi connectivity index (χ0n) is 10.3. The second-order valence-electron chi connectivity index (χ2n) is 4.40. The maximum absolute atomic E-state index is 13.7. The Morgan fingerprint density at radius 1 is 1.15 bits per heavy atom.